The molecule has 0 fully saturated rings. The zero-order valence-electron chi connectivity index (χ0n) is 6.84. The van der Waals surface area contributed by atoms with Gasteiger partial charge in [0.2, 0.25) is 0 Å². The van der Waals surface area contributed by atoms with E-state index in [0.29, 0.717) is 0 Å². The van der Waals surface area contributed by atoms with Crippen molar-refractivity contribution in [3.8, 4) is 0 Å². The topological polar surface area (TPSA) is 46.5 Å². The van der Waals surface area contributed by atoms with Gasteiger partial charge in [0.1, 0.15) is 0 Å². The van der Waals surface area contributed by atoms with Crippen molar-refractivity contribution in [2.24, 2.45) is 5.41 Å². The number of hydrogen-bond acceptors (Lipinski definition) is 2. The highest BCUT2D eigenvalue weighted by atomic mass is 16.5. The minimum atomic E-state index is -0.907. The highest BCUT2D eigenvalue weighted by Gasteiger charge is 2.30. The minimum Gasteiger partial charge on any atom is -0.479 e. The number of ether oxygens (including phenoxy) is 1. The van der Waals surface area contributed by atoms with E-state index in [9.17, 15) is 4.79 Å². The number of methoxy groups -OCH3 is 1. The smallest absolute Gasteiger partial charge is 0.333 e. The Morgan fingerprint density at radius 2 is 1.90 bits per heavy atom. The number of rotatable bonds is 2. The minimum absolute atomic E-state index is 0.333. The summed E-state index contributed by atoms with van der Waals surface area (Å²) in [6, 6.07) is 0. The quantitative estimate of drug-likeness (QED) is 0.635. The van der Waals surface area contributed by atoms with Gasteiger partial charge in [0.05, 0.1) is 0 Å². The van der Waals surface area contributed by atoms with Gasteiger partial charge in [-0.15, -0.1) is 0 Å². The van der Waals surface area contributed by atoms with Gasteiger partial charge in [0.15, 0.2) is 6.10 Å². The number of carboxylic acid groups (broad SMARTS) is 1. The zero-order valence-corrected chi connectivity index (χ0v) is 6.84. The third-order valence-electron chi connectivity index (χ3n) is 1.25. The standard InChI is InChI=1S/C7H14O3/c1-7(2,3)5(10-4)6(8)9/h5H,1-4H3,(H,8,9)/t5-/m1/s1. The average molecular weight is 146 g/mol. The van der Waals surface area contributed by atoms with Gasteiger partial charge >= 0.3 is 5.97 Å². The third kappa shape index (κ3) is 2.35. The molecule has 0 unspecified atom stereocenters. The molecule has 0 spiro atoms. The number of carboxylic acids is 1. The van der Waals surface area contributed by atoms with E-state index in [1.165, 1.54) is 7.11 Å². The molecule has 0 heterocycles. The predicted octanol–water partition coefficient (Wildman–Crippen LogP) is 1.13. The first-order valence-electron chi connectivity index (χ1n) is 3.15. The van der Waals surface area contributed by atoms with Crippen LogP contribution in [0.15, 0.2) is 0 Å². The summed E-state index contributed by atoms with van der Waals surface area (Å²) >= 11 is 0. The fourth-order valence-electron chi connectivity index (χ4n) is 0.825. The van der Waals surface area contributed by atoms with Crippen molar-refractivity contribution < 1.29 is 14.6 Å². The van der Waals surface area contributed by atoms with Crippen molar-refractivity contribution in [2.45, 2.75) is 26.9 Å². The second-order valence-corrected chi connectivity index (χ2v) is 3.32. The summed E-state index contributed by atoms with van der Waals surface area (Å²) in [7, 11) is 1.41. The highest BCUT2D eigenvalue weighted by molar-refractivity contribution is 5.73. The number of carbonyl (C=O) groups is 1. The molecule has 0 aliphatic rings. The van der Waals surface area contributed by atoms with Crippen LogP contribution in [0, 0.1) is 5.41 Å². The van der Waals surface area contributed by atoms with E-state index in [-0.39, 0.29) is 5.41 Å². The molecular weight excluding hydrogens is 132 g/mol. The molecule has 1 N–H and O–H groups in total. The zero-order chi connectivity index (χ0) is 8.36. The molecule has 0 aromatic rings. The third-order valence-corrected chi connectivity index (χ3v) is 1.25. The Morgan fingerprint density at radius 3 is 1.90 bits per heavy atom. The van der Waals surface area contributed by atoms with Gasteiger partial charge in [-0.25, -0.2) is 4.79 Å². The molecular formula is C7H14O3. The van der Waals surface area contributed by atoms with E-state index in [1.807, 2.05) is 20.8 Å². The van der Waals surface area contributed by atoms with Crippen LogP contribution in [0.5, 0.6) is 0 Å². The summed E-state index contributed by atoms with van der Waals surface area (Å²) in [6.07, 6.45) is -0.715. The lowest BCUT2D eigenvalue weighted by molar-refractivity contribution is -0.155. The van der Waals surface area contributed by atoms with E-state index >= 15 is 0 Å². The van der Waals surface area contributed by atoms with Crippen molar-refractivity contribution in [1.82, 2.24) is 0 Å². The fraction of sp³-hybridized carbons (Fsp3) is 0.857. The number of aliphatic carboxylic acids is 1. The van der Waals surface area contributed by atoms with Crippen LogP contribution in [0.3, 0.4) is 0 Å². The molecule has 0 amide bonds. The Morgan fingerprint density at radius 1 is 1.50 bits per heavy atom. The van der Waals surface area contributed by atoms with Gasteiger partial charge < -0.3 is 9.84 Å². The van der Waals surface area contributed by atoms with Crippen LogP contribution in [-0.4, -0.2) is 24.3 Å². The summed E-state index contributed by atoms with van der Waals surface area (Å²) in [5.74, 6) is -0.907. The molecule has 0 bridgehead atoms. The lowest BCUT2D eigenvalue weighted by Crippen LogP contribution is -2.35. The van der Waals surface area contributed by atoms with Crippen molar-refractivity contribution in [3.63, 3.8) is 0 Å². The SMILES string of the molecule is CO[C@H](C(=O)O)C(C)(C)C. The Balaban J connectivity index is 4.22. The Labute approximate surface area is 61.0 Å². The Kier molecular flexibility index (Phi) is 2.84. The van der Waals surface area contributed by atoms with Crippen molar-refractivity contribution in [2.75, 3.05) is 7.11 Å². The molecule has 0 saturated carbocycles. The van der Waals surface area contributed by atoms with Crippen LogP contribution in [0.1, 0.15) is 20.8 Å². The highest BCUT2D eigenvalue weighted by Crippen LogP contribution is 2.21. The molecule has 0 aromatic heterocycles. The molecule has 60 valence electrons. The van der Waals surface area contributed by atoms with E-state index < -0.39 is 12.1 Å². The normalized spacial score (nSPS) is 14.8. The number of hydrogen-bond donors (Lipinski definition) is 1. The molecule has 0 radical (unpaired) electrons. The van der Waals surface area contributed by atoms with Crippen LogP contribution in [0.4, 0.5) is 0 Å². The molecule has 0 aliphatic heterocycles. The molecule has 1 atom stereocenters. The molecule has 3 nitrogen and oxygen atoms in total. The van der Waals surface area contributed by atoms with Gasteiger partial charge in [0, 0.05) is 7.11 Å². The van der Waals surface area contributed by atoms with E-state index in [1.54, 1.807) is 0 Å². The van der Waals surface area contributed by atoms with Crippen LogP contribution in [0.2, 0.25) is 0 Å². The van der Waals surface area contributed by atoms with Crippen LogP contribution in [0.25, 0.3) is 0 Å². The first kappa shape index (κ1) is 9.43. The molecule has 10 heavy (non-hydrogen) atoms. The van der Waals surface area contributed by atoms with Crippen LogP contribution >= 0.6 is 0 Å². The van der Waals surface area contributed by atoms with Crippen molar-refractivity contribution in [1.29, 1.82) is 0 Å². The summed E-state index contributed by atoms with van der Waals surface area (Å²) in [5, 5.41) is 8.58. The summed E-state index contributed by atoms with van der Waals surface area (Å²) in [6.45, 7) is 5.49. The van der Waals surface area contributed by atoms with Gasteiger partial charge in [-0.05, 0) is 5.41 Å². The van der Waals surface area contributed by atoms with Gasteiger partial charge in [-0.3, -0.25) is 0 Å². The first-order valence-corrected chi connectivity index (χ1v) is 3.15. The largest absolute Gasteiger partial charge is 0.479 e. The van der Waals surface area contributed by atoms with E-state index in [2.05, 4.69) is 0 Å². The van der Waals surface area contributed by atoms with Gasteiger partial charge in [-0.2, -0.15) is 0 Å². The van der Waals surface area contributed by atoms with Crippen molar-refractivity contribution in [3.05, 3.63) is 0 Å². The average Bonchev–Trinajstić information content (AvgIpc) is 1.60. The van der Waals surface area contributed by atoms with E-state index in [0.717, 1.165) is 0 Å². The van der Waals surface area contributed by atoms with Crippen LogP contribution < -0.4 is 0 Å². The van der Waals surface area contributed by atoms with Crippen molar-refractivity contribution >= 4 is 5.97 Å². The molecule has 0 aromatic carbocycles. The van der Waals surface area contributed by atoms with E-state index in [4.69, 9.17) is 9.84 Å². The Hall–Kier alpha value is -0.570. The maximum Gasteiger partial charge on any atom is 0.333 e. The molecule has 0 aliphatic carbocycles. The van der Waals surface area contributed by atoms with Gasteiger partial charge in [0.25, 0.3) is 0 Å². The molecule has 0 saturated heterocycles. The predicted molar refractivity (Wildman–Crippen MR) is 37.9 cm³/mol. The summed E-state index contributed by atoms with van der Waals surface area (Å²) in [4.78, 5) is 10.5. The molecule has 3 heteroatoms. The molecule has 0 rings (SSSR count). The second kappa shape index (κ2) is 3.01. The second-order valence-electron chi connectivity index (χ2n) is 3.32. The summed E-state index contributed by atoms with van der Waals surface area (Å²) < 4.78 is 4.78. The lowest BCUT2D eigenvalue weighted by Gasteiger charge is -2.24. The van der Waals surface area contributed by atoms with Gasteiger partial charge in [-0.1, -0.05) is 20.8 Å². The summed E-state index contributed by atoms with van der Waals surface area (Å²) in [5.41, 5.74) is -0.333. The maximum atomic E-state index is 10.5. The van der Waals surface area contributed by atoms with Crippen LogP contribution in [-0.2, 0) is 9.53 Å². The Bertz CT molecular complexity index is 123. The first-order chi connectivity index (χ1) is 4.39. The monoisotopic (exact) mass is 146 g/mol. The lowest BCUT2D eigenvalue weighted by atomic mass is 9.89. The fourth-order valence-corrected chi connectivity index (χ4v) is 0.825. The maximum absolute atomic E-state index is 10.5.